The SMILES string of the molecule is CN=C(NCC(C)c1cccc(C)c1)N1CCC(C(=O)OC)CC1. The van der Waals surface area contributed by atoms with Gasteiger partial charge in [-0.25, -0.2) is 0 Å². The molecule has 5 heteroatoms. The van der Waals surface area contributed by atoms with Gasteiger partial charge in [0.25, 0.3) is 0 Å². The summed E-state index contributed by atoms with van der Waals surface area (Å²) in [5.74, 6) is 1.26. The van der Waals surface area contributed by atoms with Crippen LogP contribution in [0.5, 0.6) is 0 Å². The molecule has 0 aliphatic carbocycles. The van der Waals surface area contributed by atoms with Crippen LogP contribution >= 0.6 is 0 Å². The van der Waals surface area contributed by atoms with Crippen molar-refractivity contribution in [3.63, 3.8) is 0 Å². The number of carbonyl (C=O) groups excluding carboxylic acids is 1. The van der Waals surface area contributed by atoms with Gasteiger partial charge in [-0.3, -0.25) is 9.79 Å². The van der Waals surface area contributed by atoms with Crippen molar-refractivity contribution in [1.29, 1.82) is 0 Å². The number of ether oxygens (including phenoxy) is 1. The third-order valence-corrected chi connectivity index (χ3v) is 4.72. The van der Waals surface area contributed by atoms with Gasteiger partial charge in [-0.1, -0.05) is 36.8 Å². The number of guanidine groups is 1. The molecule has 1 saturated heterocycles. The molecule has 0 amide bonds. The summed E-state index contributed by atoms with van der Waals surface area (Å²) in [5, 5.41) is 3.47. The first-order chi connectivity index (χ1) is 11.5. The predicted molar refractivity (Wildman–Crippen MR) is 97.3 cm³/mol. The summed E-state index contributed by atoms with van der Waals surface area (Å²) in [6.07, 6.45) is 1.64. The molecule has 1 aliphatic heterocycles. The molecule has 0 radical (unpaired) electrons. The Morgan fingerprint density at radius 1 is 1.42 bits per heavy atom. The number of likely N-dealkylation sites (tertiary alicyclic amines) is 1. The van der Waals surface area contributed by atoms with Gasteiger partial charge in [0, 0.05) is 26.7 Å². The number of hydrogen-bond donors (Lipinski definition) is 1. The number of esters is 1. The molecule has 1 N–H and O–H groups in total. The fourth-order valence-corrected chi connectivity index (χ4v) is 3.16. The summed E-state index contributed by atoms with van der Waals surface area (Å²) >= 11 is 0. The summed E-state index contributed by atoms with van der Waals surface area (Å²) in [6, 6.07) is 8.63. The fraction of sp³-hybridized carbons (Fsp3) is 0.579. The minimum atomic E-state index is -0.0920. The smallest absolute Gasteiger partial charge is 0.308 e. The lowest BCUT2D eigenvalue weighted by Crippen LogP contribution is -2.47. The van der Waals surface area contributed by atoms with E-state index in [1.807, 2.05) is 7.05 Å². The second-order valence-electron chi connectivity index (χ2n) is 6.53. The van der Waals surface area contributed by atoms with E-state index in [4.69, 9.17) is 4.74 Å². The molecule has 1 heterocycles. The largest absolute Gasteiger partial charge is 0.469 e. The predicted octanol–water partition coefficient (Wildman–Crippen LogP) is 2.56. The fourth-order valence-electron chi connectivity index (χ4n) is 3.16. The van der Waals surface area contributed by atoms with Gasteiger partial charge < -0.3 is 15.0 Å². The minimum Gasteiger partial charge on any atom is -0.469 e. The zero-order valence-electron chi connectivity index (χ0n) is 15.2. The number of carbonyl (C=O) groups is 1. The molecule has 1 aromatic carbocycles. The van der Waals surface area contributed by atoms with Crippen molar-refractivity contribution in [2.45, 2.75) is 32.6 Å². The molecule has 0 bridgehead atoms. The van der Waals surface area contributed by atoms with Crippen molar-refractivity contribution in [1.82, 2.24) is 10.2 Å². The van der Waals surface area contributed by atoms with E-state index in [9.17, 15) is 4.79 Å². The molecular formula is C19H29N3O2. The van der Waals surface area contributed by atoms with Crippen LogP contribution in [-0.2, 0) is 9.53 Å². The molecule has 1 unspecified atom stereocenters. The first kappa shape index (κ1) is 18.3. The molecule has 1 aromatic rings. The van der Waals surface area contributed by atoms with Crippen LogP contribution in [0.4, 0.5) is 0 Å². The Kier molecular flexibility index (Phi) is 6.64. The molecule has 0 spiro atoms. The lowest BCUT2D eigenvalue weighted by molar-refractivity contribution is -0.146. The van der Waals surface area contributed by atoms with Gasteiger partial charge in [-0.2, -0.15) is 0 Å². The van der Waals surface area contributed by atoms with Crippen LogP contribution in [0, 0.1) is 12.8 Å². The lowest BCUT2D eigenvalue weighted by atomic mass is 9.97. The minimum absolute atomic E-state index is 0.0237. The molecule has 0 saturated carbocycles. The molecule has 0 aromatic heterocycles. The second-order valence-corrected chi connectivity index (χ2v) is 6.53. The summed E-state index contributed by atoms with van der Waals surface area (Å²) in [6.45, 7) is 6.84. The Morgan fingerprint density at radius 3 is 2.71 bits per heavy atom. The highest BCUT2D eigenvalue weighted by molar-refractivity contribution is 5.80. The van der Waals surface area contributed by atoms with Gasteiger partial charge >= 0.3 is 5.97 Å². The van der Waals surface area contributed by atoms with Crippen molar-refractivity contribution in [3.05, 3.63) is 35.4 Å². The lowest BCUT2D eigenvalue weighted by Gasteiger charge is -2.33. The normalized spacial score (nSPS) is 17.5. The summed E-state index contributed by atoms with van der Waals surface area (Å²) < 4.78 is 4.85. The first-order valence-corrected chi connectivity index (χ1v) is 8.65. The van der Waals surface area contributed by atoms with Gasteiger partial charge in [-0.15, -0.1) is 0 Å². The summed E-state index contributed by atoms with van der Waals surface area (Å²) in [5.41, 5.74) is 2.62. The third kappa shape index (κ3) is 4.73. The maximum absolute atomic E-state index is 11.6. The molecule has 1 aliphatic rings. The monoisotopic (exact) mass is 331 g/mol. The zero-order chi connectivity index (χ0) is 17.5. The summed E-state index contributed by atoms with van der Waals surface area (Å²) in [7, 11) is 3.27. The standard InChI is InChI=1S/C19H29N3O2/c1-14-6-5-7-17(12-14)15(2)13-21-19(20-3)22-10-8-16(9-11-22)18(23)24-4/h5-7,12,15-16H,8-11,13H2,1-4H3,(H,20,21). The zero-order valence-corrected chi connectivity index (χ0v) is 15.2. The van der Waals surface area contributed by atoms with Crippen LogP contribution in [0.25, 0.3) is 0 Å². The van der Waals surface area contributed by atoms with E-state index in [0.29, 0.717) is 5.92 Å². The van der Waals surface area contributed by atoms with Gasteiger partial charge in [-0.05, 0) is 31.2 Å². The number of methoxy groups -OCH3 is 1. The van der Waals surface area contributed by atoms with E-state index >= 15 is 0 Å². The van der Waals surface area contributed by atoms with Crippen LogP contribution < -0.4 is 5.32 Å². The number of nitrogens with one attached hydrogen (secondary N) is 1. The van der Waals surface area contributed by atoms with E-state index in [-0.39, 0.29) is 11.9 Å². The van der Waals surface area contributed by atoms with Crippen LogP contribution in [0.3, 0.4) is 0 Å². The maximum Gasteiger partial charge on any atom is 0.308 e. The maximum atomic E-state index is 11.6. The van der Waals surface area contributed by atoms with Gasteiger partial charge in [0.05, 0.1) is 13.0 Å². The van der Waals surface area contributed by atoms with E-state index in [1.165, 1.54) is 18.2 Å². The highest BCUT2D eigenvalue weighted by Crippen LogP contribution is 2.19. The number of aryl methyl sites for hydroxylation is 1. The number of piperidine rings is 1. The average molecular weight is 331 g/mol. The Labute approximate surface area is 145 Å². The Morgan fingerprint density at radius 2 is 2.12 bits per heavy atom. The quantitative estimate of drug-likeness (QED) is 0.523. The third-order valence-electron chi connectivity index (χ3n) is 4.72. The van der Waals surface area contributed by atoms with E-state index in [1.54, 1.807) is 0 Å². The second kappa shape index (κ2) is 8.71. The molecular weight excluding hydrogens is 302 g/mol. The topological polar surface area (TPSA) is 53.9 Å². The Bertz CT molecular complexity index is 578. The van der Waals surface area contributed by atoms with E-state index in [0.717, 1.165) is 38.4 Å². The Balaban J connectivity index is 1.86. The molecule has 24 heavy (non-hydrogen) atoms. The van der Waals surface area contributed by atoms with Crippen LogP contribution in [0.1, 0.15) is 36.8 Å². The van der Waals surface area contributed by atoms with Crippen molar-refractivity contribution in [2.75, 3.05) is 33.8 Å². The average Bonchev–Trinajstić information content (AvgIpc) is 2.62. The van der Waals surface area contributed by atoms with Crippen LogP contribution in [0.2, 0.25) is 0 Å². The van der Waals surface area contributed by atoms with Gasteiger partial charge in [0.2, 0.25) is 0 Å². The molecule has 1 fully saturated rings. The Hall–Kier alpha value is -2.04. The van der Waals surface area contributed by atoms with E-state index < -0.39 is 0 Å². The number of aliphatic imine (C=N–C) groups is 1. The van der Waals surface area contributed by atoms with Crippen LogP contribution in [0.15, 0.2) is 29.3 Å². The number of nitrogens with zero attached hydrogens (tertiary/aromatic N) is 2. The highest BCUT2D eigenvalue weighted by atomic mass is 16.5. The van der Waals surface area contributed by atoms with Crippen molar-refractivity contribution in [3.8, 4) is 0 Å². The molecule has 1 atom stereocenters. The number of rotatable bonds is 4. The van der Waals surface area contributed by atoms with Crippen LogP contribution in [-0.4, -0.2) is 50.6 Å². The molecule has 132 valence electrons. The summed E-state index contributed by atoms with van der Waals surface area (Å²) in [4.78, 5) is 18.3. The van der Waals surface area contributed by atoms with Crippen molar-refractivity contribution >= 4 is 11.9 Å². The van der Waals surface area contributed by atoms with Crippen molar-refractivity contribution < 1.29 is 9.53 Å². The first-order valence-electron chi connectivity index (χ1n) is 8.65. The van der Waals surface area contributed by atoms with Gasteiger partial charge in [0.1, 0.15) is 0 Å². The van der Waals surface area contributed by atoms with Gasteiger partial charge in [0.15, 0.2) is 5.96 Å². The molecule has 5 nitrogen and oxygen atoms in total. The highest BCUT2D eigenvalue weighted by Gasteiger charge is 2.27. The van der Waals surface area contributed by atoms with E-state index in [2.05, 4.69) is 53.3 Å². The number of hydrogen-bond acceptors (Lipinski definition) is 3. The molecule has 2 rings (SSSR count). The van der Waals surface area contributed by atoms with Crippen molar-refractivity contribution in [2.24, 2.45) is 10.9 Å². The number of benzene rings is 1.